The molecule has 2 N–H and O–H groups in total. The Morgan fingerprint density at radius 2 is 2.20 bits per heavy atom. The highest BCUT2D eigenvalue weighted by atomic mass is 32.2. The molecular formula is C12H15FN2O4S. The van der Waals surface area contributed by atoms with Crippen LogP contribution >= 0.6 is 0 Å². The molecule has 0 spiro atoms. The quantitative estimate of drug-likeness (QED) is 0.652. The number of hydrogen-bond donors (Lipinski definition) is 1. The molecule has 1 heterocycles. The van der Waals surface area contributed by atoms with Crippen molar-refractivity contribution in [2.45, 2.75) is 11.3 Å². The third-order valence-electron chi connectivity index (χ3n) is 3.26. The molecule has 0 aliphatic carbocycles. The largest absolute Gasteiger partial charge is 0.469 e. The monoisotopic (exact) mass is 302 g/mol. The normalized spacial score (nSPS) is 20.0. The van der Waals surface area contributed by atoms with Crippen molar-refractivity contribution < 1.29 is 22.3 Å². The molecule has 1 aliphatic rings. The first-order valence-corrected chi connectivity index (χ1v) is 7.43. The van der Waals surface area contributed by atoms with E-state index >= 15 is 0 Å². The second-order valence-electron chi connectivity index (χ2n) is 4.56. The van der Waals surface area contributed by atoms with Crippen LogP contribution < -0.4 is 5.73 Å². The lowest BCUT2D eigenvalue weighted by Crippen LogP contribution is -2.31. The van der Waals surface area contributed by atoms with Gasteiger partial charge in [-0.3, -0.25) is 4.79 Å². The number of nitrogen functional groups attached to an aromatic ring is 1. The van der Waals surface area contributed by atoms with E-state index in [0.29, 0.717) is 6.42 Å². The average molecular weight is 302 g/mol. The maximum Gasteiger partial charge on any atom is 0.310 e. The number of nitrogens with two attached hydrogens (primary N) is 1. The molecule has 0 bridgehead atoms. The minimum absolute atomic E-state index is 0.0107. The van der Waals surface area contributed by atoms with Crippen molar-refractivity contribution >= 4 is 21.7 Å². The number of nitrogens with zero attached hydrogens (tertiary/aromatic N) is 1. The summed E-state index contributed by atoms with van der Waals surface area (Å²) in [6, 6.07) is 3.38. The molecule has 1 fully saturated rings. The highest BCUT2D eigenvalue weighted by Gasteiger charge is 2.37. The molecule has 0 radical (unpaired) electrons. The Balaban J connectivity index is 2.28. The van der Waals surface area contributed by atoms with Gasteiger partial charge in [-0.15, -0.1) is 0 Å². The summed E-state index contributed by atoms with van der Waals surface area (Å²) < 4.78 is 44.0. The van der Waals surface area contributed by atoms with Crippen LogP contribution in [0.2, 0.25) is 0 Å². The van der Waals surface area contributed by atoms with Gasteiger partial charge < -0.3 is 10.5 Å². The van der Waals surface area contributed by atoms with E-state index in [9.17, 15) is 17.6 Å². The number of hydrogen-bond acceptors (Lipinski definition) is 5. The summed E-state index contributed by atoms with van der Waals surface area (Å²) >= 11 is 0. The molecule has 8 heteroatoms. The van der Waals surface area contributed by atoms with Crippen molar-refractivity contribution in [2.24, 2.45) is 5.92 Å². The van der Waals surface area contributed by atoms with Crippen LogP contribution in [0.25, 0.3) is 0 Å². The topological polar surface area (TPSA) is 89.7 Å². The van der Waals surface area contributed by atoms with E-state index in [-0.39, 0.29) is 18.8 Å². The smallest absolute Gasteiger partial charge is 0.310 e. The zero-order valence-electron chi connectivity index (χ0n) is 10.9. The number of halogens is 1. The van der Waals surface area contributed by atoms with Crippen molar-refractivity contribution in [3.8, 4) is 0 Å². The maximum atomic E-state index is 13.7. The third-order valence-corrected chi connectivity index (χ3v) is 5.14. The molecule has 110 valence electrons. The molecule has 1 aromatic rings. The standard InChI is InChI=1S/C12H15FN2O4S/c1-19-12(16)8-4-5-15(7-8)20(17,18)11-6-9(14)2-3-10(11)13/h2-3,6,8H,4-5,7,14H2,1H3. The van der Waals surface area contributed by atoms with Gasteiger partial charge in [0.05, 0.1) is 13.0 Å². The molecule has 0 amide bonds. The van der Waals surface area contributed by atoms with Gasteiger partial charge in [-0.1, -0.05) is 0 Å². The molecule has 1 atom stereocenters. The summed E-state index contributed by atoms with van der Waals surface area (Å²) in [4.78, 5) is 10.9. The molecule has 0 aromatic heterocycles. The number of ether oxygens (including phenoxy) is 1. The molecule has 1 saturated heterocycles. The van der Waals surface area contributed by atoms with Crippen LogP contribution in [0, 0.1) is 11.7 Å². The van der Waals surface area contributed by atoms with Gasteiger partial charge in [0, 0.05) is 18.8 Å². The summed E-state index contributed by atoms with van der Waals surface area (Å²) in [5, 5.41) is 0. The van der Waals surface area contributed by atoms with E-state index in [1.165, 1.54) is 13.2 Å². The number of sulfonamides is 1. The van der Waals surface area contributed by atoms with Crippen molar-refractivity contribution in [1.29, 1.82) is 0 Å². The fraction of sp³-hybridized carbons (Fsp3) is 0.417. The van der Waals surface area contributed by atoms with Crippen LogP contribution in [0.1, 0.15) is 6.42 Å². The van der Waals surface area contributed by atoms with Gasteiger partial charge in [0.15, 0.2) is 0 Å². The molecule has 1 aromatic carbocycles. The number of benzene rings is 1. The predicted molar refractivity (Wildman–Crippen MR) is 69.7 cm³/mol. The molecule has 6 nitrogen and oxygen atoms in total. The number of esters is 1. The Morgan fingerprint density at radius 1 is 1.50 bits per heavy atom. The number of methoxy groups -OCH3 is 1. The lowest BCUT2D eigenvalue weighted by atomic mass is 10.1. The highest BCUT2D eigenvalue weighted by Crippen LogP contribution is 2.27. The van der Waals surface area contributed by atoms with Crippen molar-refractivity contribution in [3.05, 3.63) is 24.0 Å². The van der Waals surface area contributed by atoms with Crippen molar-refractivity contribution in [2.75, 3.05) is 25.9 Å². The first-order chi connectivity index (χ1) is 9.36. The Kier molecular flexibility index (Phi) is 3.96. The second-order valence-corrected chi connectivity index (χ2v) is 6.47. The Morgan fingerprint density at radius 3 is 2.85 bits per heavy atom. The fourth-order valence-electron chi connectivity index (χ4n) is 2.16. The van der Waals surface area contributed by atoms with Gasteiger partial charge in [-0.2, -0.15) is 4.31 Å². The number of carbonyl (C=O) groups excluding carboxylic acids is 1. The van der Waals surface area contributed by atoms with E-state index in [2.05, 4.69) is 4.74 Å². The molecule has 20 heavy (non-hydrogen) atoms. The van der Waals surface area contributed by atoms with E-state index in [4.69, 9.17) is 5.73 Å². The molecule has 0 saturated carbocycles. The second kappa shape index (κ2) is 5.37. The van der Waals surface area contributed by atoms with E-state index in [1.807, 2.05) is 0 Å². The Bertz CT molecular complexity index is 632. The number of rotatable bonds is 3. The lowest BCUT2D eigenvalue weighted by Gasteiger charge is -2.17. The summed E-state index contributed by atoms with van der Waals surface area (Å²) in [6.07, 6.45) is 0.357. The van der Waals surface area contributed by atoms with Gasteiger partial charge in [0.1, 0.15) is 10.7 Å². The molecular weight excluding hydrogens is 287 g/mol. The van der Waals surface area contributed by atoms with E-state index < -0.39 is 32.6 Å². The summed E-state index contributed by atoms with van der Waals surface area (Å²) in [7, 11) is -2.75. The number of anilines is 1. The van der Waals surface area contributed by atoms with Crippen LogP contribution in [-0.2, 0) is 19.6 Å². The first-order valence-electron chi connectivity index (χ1n) is 5.99. The highest BCUT2D eigenvalue weighted by molar-refractivity contribution is 7.89. The van der Waals surface area contributed by atoms with Gasteiger partial charge in [-0.05, 0) is 24.6 Å². The maximum absolute atomic E-state index is 13.7. The van der Waals surface area contributed by atoms with Crippen LogP contribution in [0.3, 0.4) is 0 Å². The van der Waals surface area contributed by atoms with Gasteiger partial charge in [-0.25, -0.2) is 12.8 Å². The van der Waals surface area contributed by atoms with Crippen LogP contribution in [0.5, 0.6) is 0 Å². The first kappa shape index (κ1) is 14.7. The minimum Gasteiger partial charge on any atom is -0.469 e. The molecule has 1 aliphatic heterocycles. The summed E-state index contributed by atoms with van der Waals surface area (Å²) in [5.41, 5.74) is 5.66. The van der Waals surface area contributed by atoms with Crippen LogP contribution in [-0.4, -0.2) is 38.9 Å². The van der Waals surface area contributed by atoms with Crippen molar-refractivity contribution in [1.82, 2.24) is 4.31 Å². The van der Waals surface area contributed by atoms with Gasteiger partial charge >= 0.3 is 5.97 Å². The zero-order chi connectivity index (χ0) is 14.9. The SMILES string of the molecule is COC(=O)C1CCN(S(=O)(=O)c2cc(N)ccc2F)C1. The van der Waals surface area contributed by atoms with Crippen molar-refractivity contribution in [3.63, 3.8) is 0 Å². The summed E-state index contributed by atoms with van der Waals surface area (Å²) in [6.45, 7) is 0.138. The van der Waals surface area contributed by atoms with E-state index in [0.717, 1.165) is 16.4 Å². The summed E-state index contributed by atoms with van der Waals surface area (Å²) in [5.74, 6) is -1.84. The molecule has 2 rings (SSSR count). The molecule has 1 unspecified atom stereocenters. The third kappa shape index (κ3) is 2.61. The van der Waals surface area contributed by atoms with Gasteiger partial charge in [0.25, 0.3) is 0 Å². The van der Waals surface area contributed by atoms with Crippen LogP contribution in [0.4, 0.5) is 10.1 Å². The van der Waals surface area contributed by atoms with E-state index in [1.54, 1.807) is 0 Å². The lowest BCUT2D eigenvalue weighted by molar-refractivity contribution is -0.144. The predicted octanol–water partition coefficient (Wildman–Crippen LogP) is 0.591. The minimum atomic E-state index is -4.00. The Hall–Kier alpha value is -1.67. The zero-order valence-corrected chi connectivity index (χ0v) is 11.7. The fourth-order valence-corrected chi connectivity index (χ4v) is 3.76. The average Bonchev–Trinajstić information content (AvgIpc) is 2.91. The Labute approximate surface area is 116 Å². The number of carbonyl (C=O) groups is 1. The van der Waals surface area contributed by atoms with Crippen LogP contribution in [0.15, 0.2) is 23.1 Å². The van der Waals surface area contributed by atoms with Gasteiger partial charge in [0.2, 0.25) is 10.0 Å².